The Bertz CT molecular complexity index is 2870. The maximum Gasteiger partial charge on any atom is 0.0635 e. The van der Waals surface area contributed by atoms with Crippen LogP contribution in [-0.4, -0.2) is 10.6 Å². The molecule has 1 aliphatic carbocycles. The van der Waals surface area contributed by atoms with Crippen LogP contribution in [-0.2, 0) is 0 Å². The first-order valence-electron chi connectivity index (χ1n) is 17.7. The van der Waals surface area contributed by atoms with Gasteiger partial charge in [-0.2, -0.15) is 0 Å². The molecule has 0 saturated heterocycles. The zero-order chi connectivity index (χ0) is 33.5. The molecule has 0 bridgehead atoms. The van der Waals surface area contributed by atoms with Crippen molar-refractivity contribution in [2.75, 3.05) is 4.90 Å². The first-order valence-corrected chi connectivity index (χ1v) is 18.5. The maximum atomic E-state index is 2.55. The van der Waals surface area contributed by atoms with Gasteiger partial charge in [0.2, 0.25) is 0 Å². The van der Waals surface area contributed by atoms with Crippen molar-refractivity contribution < 1.29 is 0 Å². The smallest absolute Gasteiger partial charge is 0.0635 e. The predicted octanol–water partition coefficient (Wildman–Crippen LogP) is 13.1. The average molecular weight is 669 g/mol. The molecule has 240 valence electrons. The van der Waals surface area contributed by atoms with Crippen LogP contribution in [0.2, 0.25) is 0 Å². The van der Waals surface area contributed by atoms with E-state index in [1.54, 1.807) is 0 Å². The highest BCUT2D eigenvalue weighted by atomic mass is 32.1. The van der Waals surface area contributed by atoms with Crippen molar-refractivity contribution in [3.63, 3.8) is 0 Å². The Labute approximate surface area is 300 Å². The van der Waals surface area contributed by atoms with E-state index in [0.717, 1.165) is 0 Å². The van der Waals surface area contributed by atoms with E-state index in [1.807, 2.05) is 11.3 Å². The third-order valence-electron chi connectivity index (χ3n) is 10.9. The molecule has 2 atom stereocenters. The standard InChI is InChI=1S/C48H32N2S/c1-2-11-34(12-3-1)49-44-19-8-5-14-38(44)42-29-32(24-28-45(42)49)31-21-25-35(26-22-31)50-43-18-7-4-13-37(43)39-27-23-33(30-46(39)50)36-16-10-17-41-40-15-6-9-20-47(40)51-48(36)41/h1-30,39,46H. The van der Waals surface area contributed by atoms with Gasteiger partial charge in [-0.1, -0.05) is 127 Å². The van der Waals surface area contributed by atoms with Crippen molar-refractivity contribution in [2.24, 2.45) is 0 Å². The molecule has 2 aliphatic rings. The largest absolute Gasteiger partial charge is 0.333 e. The zero-order valence-electron chi connectivity index (χ0n) is 27.8. The van der Waals surface area contributed by atoms with Crippen molar-refractivity contribution >= 4 is 70.3 Å². The van der Waals surface area contributed by atoms with Crippen LogP contribution >= 0.6 is 11.3 Å². The maximum absolute atomic E-state index is 2.55. The number of allylic oxidation sites excluding steroid dienone is 2. The van der Waals surface area contributed by atoms with E-state index in [-0.39, 0.29) is 6.04 Å². The van der Waals surface area contributed by atoms with E-state index >= 15 is 0 Å². The molecular weight excluding hydrogens is 637 g/mol. The summed E-state index contributed by atoms with van der Waals surface area (Å²) in [6, 6.07) is 60.2. The van der Waals surface area contributed by atoms with Gasteiger partial charge in [-0.3, -0.25) is 0 Å². The molecule has 9 aromatic rings. The molecule has 0 radical (unpaired) electrons. The van der Waals surface area contributed by atoms with Gasteiger partial charge in [0, 0.05) is 53.9 Å². The van der Waals surface area contributed by atoms with Gasteiger partial charge in [0.25, 0.3) is 0 Å². The number of hydrogen-bond donors (Lipinski definition) is 0. The Hall–Kier alpha value is -6.16. The Kier molecular flexibility index (Phi) is 6.28. The van der Waals surface area contributed by atoms with Crippen LogP contribution < -0.4 is 4.90 Å². The molecule has 2 nitrogen and oxygen atoms in total. The number of anilines is 2. The lowest BCUT2D eigenvalue weighted by Gasteiger charge is -2.30. The monoisotopic (exact) mass is 668 g/mol. The number of rotatable bonds is 4. The van der Waals surface area contributed by atoms with Crippen LogP contribution in [0, 0.1) is 0 Å². The molecule has 0 amide bonds. The summed E-state index contributed by atoms with van der Waals surface area (Å²) in [6.45, 7) is 0. The lowest BCUT2D eigenvalue weighted by Crippen LogP contribution is -2.29. The molecule has 3 heterocycles. The lowest BCUT2D eigenvalue weighted by molar-refractivity contribution is 0.747. The lowest BCUT2D eigenvalue weighted by atomic mass is 9.86. The number of fused-ring (bicyclic) bond motifs is 9. The minimum absolute atomic E-state index is 0.193. The summed E-state index contributed by atoms with van der Waals surface area (Å²) in [5, 5.41) is 5.23. The molecule has 2 aromatic heterocycles. The number of para-hydroxylation sites is 3. The van der Waals surface area contributed by atoms with E-state index < -0.39 is 0 Å². The molecule has 0 spiro atoms. The Morgan fingerprint density at radius 3 is 2.14 bits per heavy atom. The van der Waals surface area contributed by atoms with E-state index in [1.165, 1.54) is 86.9 Å². The molecule has 0 N–H and O–H groups in total. The molecule has 1 aliphatic heterocycles. The SMILES string of the molecule is C1=CC2c3ccccc3N(c3ccc(-c4ccc5c(c4)c4ccccc4n5-c4ccccc4)cc3)C2C=C1c1cccc2c1sc1ccccc12. The highest BCUT2D eigenvalue weighted by Gasteiger charge is 2.38. The van der Waals surface area contributed by atoms with Crippen molar-refractivity contribution in [2.45, 2.75) is 12.0 Å². The second kappa shape index (κ2) is 11.2. The van der Waals surface area contributed by atoms with Gasteiger partial charge in [0.15, 0.2) is 0 Å². The summed E-state index contributed by atoms with van der Waals surface area (Å²) in [7, 11) is 0. The zero-order valence-corrected chi connectivity index (χ0v) is 28.6. The topological polar surface area (TPSA) is 8.17 Å². The fraction of sp³-hybridized carbons (Fsp3) is 0.0417. The fourth-order valence-corrected chi connectivity index (χ4v) is 9.86. The minimum atomic E-state index is 0.193. The second-order valence-electron chi connectivity index (χ2n) is 13.7. The summed E-state index contributed by atoms with van der Waals surface area (Å²) in [4.78, 5) is 2.55. The molecule has 3 heteroatoms. The number of nitrogens with zero attached hydrogens (tertiary/aromatic N) is 2. The van der Waals surface area contributed by atoms with Gasteiger partial charge in [-0.05, 0) is 82.4 Å². The molecular formula is C48H32N2S. The summed E-state index contributed by atoms with van der Waals surface area (Å²) < 4.78 is 5.08. The molecule has 0 saturated carbocycles. The van der Waals surface area contributed by atoms with Gasteiger partial charge in [0.1, 0.15) is 0 Å². The van der Waals surface area contributed by atoms with E-state index in [9.17, 15) is 0 Å². The summed E-state index contributed by atoms with van der Waals surface area (Å²) in [6.07, 6.45) is 7.29. The number of benzene rings is 7. The molecule has 51 heavy (non-hydrogen) atoms. The van der Waals surface area contributed by atoms with Crippen molar-refractivity contribution in [1.29, 1.82) is 0 Å². The third kappa shape index (κ3) is 4.35. The molecule has 2 unspecified atom stereocenters. The van der Waals surface area contributed by atoms with Crippen LogP contribution in [0.25, 0.3) is 64.4 Å². The Morgan fingerprint density at radius 1 is 0.510 bits per heavy atom. The summed E-state index contributed by atoms with van der Waals surface area (Å²) in [5.74, 6) is 0.301. The number of thiophene rings is 1. The van der Waals surface area contributed by atoms with Crippen molar-refractivity contribution in [3.8, 4) is 16.8 Å². The van der Waals surface area contributed by atoms with E-state index in [4.69, 9.17) is 0 Å². The van der Waals surface area contributed by atoms with Crippen LogP contribution in [0.3, 0.4) is 0 Å². The van der Waals surface area contributed by atoms with E-state index in [2.05, 4.69) is 191 Å². The normalized spacial score (nSPS) is 16.6. The van der Waals surface area contributed by atoms with E-state index in [0.29, 0.717) is 5.92 Å². The minimum Gasteiger partial charge on any atom is -0.333 e. The Balaban J connectivity index is 0.990. The van der Waals surface area contributed by atoms with Crippen molar-refractivity contribution in [3.05, 3.63) is 193 Å². The first-order chi connectivity index (χ1) is 25.3. The van der Waals surface area contributed by atoms with Gasteiger partial charge in [0.05, 0.1) is 17.1 Å². The third-order valence-corrected chi connectivity index (χ3v) is 12.2. The van der Waals surface area contributed by atoms with Crippen LogP contribution in [0.15, 0.2) is 182 Å². The fourth-order valence-electron chi connectivity index (χ4n) is 8.62. The molecule has 7 aromatic carbocycles. The first kappa shape index (κ1) is 28.7. The predicted molar refractivity (Wildman–Crippen MR) is 218 cm³/mol. The quantitative estimate of drug-likeness (QED) is 0.181. The van der Waals surface area contributed by atoms with Gasteiger partial charge in [-0.25, -0.2) is 0 Å². The van der Waals surface area contributed by atoms with Gasteiger partial charge < -0.3 is 9.47 Å². The number of hydrogen-bond acceptors (Lipinski definition) is 2. The number of aromatic nitrogens is 1. The summed E-state index contributed by atoms with van der Waals surface area (Å²) >= 11 is 1.90. The molecule has 0 fully saturated rings. The second-order valence-corrected chi connectivity index (χ2v) is 14.7. The average Bonchev–Trinajstić information content (AvgIpc) is 3.85. The molecule has 11 rings (SSSR count). The summed E-state index contributed by atoms with van der Waals surface area (Å²) in [5.41, 5.74) is 12.6. The Morgan fingerprint density at radius 2 is 1.24 bits per heavy atom. The highest BCUT2D eigenvalue weighted by molar-refractivity contribution is 7.26. The van der Waals surface area contributed by atoms with Gasteiger partial charge >= 0.3 is 0 Å². The van der Waals surface area contributed by atoms with Crippen molar-refractivity contribution in [1.82, 2.24) is 4.57 Å². The van der Waals surface area contributed by atoms with Gasteiger partial charge in [-0.15, -0.1) is 11.3 Å². The van der Waals surface area contributed by atoms with Crippen LogP contribution in [0.4, 0.5) is 11.4 Å². The van der Waals surface area contributed by atoms with Crippen LogP contribution in [0.1, 0.15) is 17.0 Å². The van der Waals surface area contributed by atoms with Crippen LogP contribution in [0.5, 0.6) is 0 Å². The highest BCUT2D eigenvalue weighted by Crippen LogP contribution is 2.50.